The highest BCUT2D eigenvalue weighted by atomic mass is 15.0. The summed E-state index contributed by atoms with van der Waals surface area (Å²) < 4.78 is 0. The van der Waals surface area contributed by atoms with Crippen molar-refractivity contribution in [1.29, 1.82) is 0 Å². The van der Waals surface area contributed by atoms with Crippen LogP contribution in [0.3, 0.4) is 0 Å². The fourth-order valence-electron chi connectivity index (χ4n) is 1.62. The highest BCUT2D eigenvalue weighted by molar-refractivity contribution is 5.81. The topological polar surface area (TPSA) is 53.8 Å². The van der Waals surface area contributed by atoms with Gasteiger partial charge in [0, 0.05) is 11.2 Å². The standard InChI is InChI=1S/C12H15N3/c1-8-3-4-12-10(5-8)6-11(15-12)7-14-9(2)13/h3-6,14-15H,2,7,13H2,1H3. The summed E-state index contributed by atoms with van der Waals surface area (Å²) in [7, 11) is 0. The van der Waals surface area contributed by atoms with Gasteiger partial charge in [0.25, 0.3) is 0 Å². The smallest absolute Gasteiger partial charge is 0.0889 e. The van der Waals surface area contributed by atoms with E-state index in [4.69, 9.17) is 5.73 Å². The summed E-state index contributed by atoms with van der Waals surface area (Å²) in [6.07, 6.45) is 0. The number of aromatic nitrogens is 1. The molecule has 0 radical (unpaired) electrons. The molecule has 3 nitrogen and oxygen atoms in total. The normalized spacial score (nSPS) is 10.5. The summed E-state index contributed by atoms with van der Waals surface area (Å²) in [5, 5.41) is 4.22. The lowest BCUT2D eigenvalue weighted by Crippen LogP contribution is -2.18. The van der Waals surface area contributed by atoms with Crippen LogP contribution in [0.1, 0.15) is 11.3 Å². The molecule has 0 saturated carbocycles. The van der Waals surface area contributed by atoms with Crippen molar-refractivity contribution in [3.8, 4) is 0 Å². The largest absolute Gasteiger partial charge is 0.386 e. The van der Waals surface area contributed by atoms with Crippen LogP contribution in [0.5, 0.6) is 0 Å². The second-order valence-corrected chi connectivity index (χ2v) is 3.76. The van der Waals surface area contributed by atoms with E-state index < -0.39 is 0 Å². The SMILES string of the molecule is C=C(N)NCc1cc2cc(C)ccc2[nH]1. The van der Waals surface area contributed by atoms with Gasteiger partial charge in [-0.05, 0) is 30.5 Å². The van der Waals surface area contributed by atoms with Gasteiger partial charge in [0.15, 0.2) is 0 Å². The second-order valence-electron chi connectivity index (χ2n) is 3.76. The van der Waals surface area contributed by atoms with Gasteiger partial charge in [0.05, 0.1) is 12.4 Å². The van der Waals surface area contributed by atoms with Crippen molar-refractivity contribution >= 4 is 10.9 Å². The molecular formula is C12H15N3. The summed E-state index contributed by atoms with van der Waals surface area (Å²) in [5.74, 6) is 0.491. The number of nitrogens with one attached hydrogen (secondary N) is 2. The Bertz CT molecular complexity index is 497. The van der Waals surface area contributed by atoms with Crippen molar-refractivity contribution in [2.75, 3.05) is 0 Å². The molecule has 15 heavy (non-hydrogen) atoms. The molecule has 0 amide bonds. The average molecular weight is 201 g/mol. The van der Waals surface area contributed by atoms with Gasteiger partial charge in [-0.25, -0.2) is 0 Å². The quantitative estimate of drug-likeness (QED) is 0.711. The third kappa shape index (κ3) is 2.13. The number of hydrogen-bond donors (Lipinski definition) is 3. The summed E-state index contributed by atoms with van der Waals surface area (Å²) in [6.45, 7) is 6.36. The molecule has 0 fully saturated rings. The Morgan fingerprint density at radius 3 is 3.00 bits per heavy atom. The van der Waals surface area contributed by atoms with Gasteiger partial charge < -0.3 is 16.0 Å². The van der Waals surface area contributed by atoms with E-state index in [1.807, 2.05) is 0 Å². The first-order chi connectivity index (χ1) is 7.15. The molecule has 0 unspecified atom stereocenters. The van der Waals surface area contributed by atoms with Crippen LogP contribution < -0.4 is 11.1 Å². The van der Waals surface area contributed by atoms with Crippen LogP contribution in [0.4, 0.5) is 0 Å². The van der Waals surface area contributed by atoms with Gasteiger partial charge in [-0.15, -0.1) is 0 Å². The molecular weight excluding hydrogens is 186 g/mol. The molecule has 0 aliphatic rings. The van der Waals surface area contributed by atoms with Crippen LogP contribution in [0.2, 0.25) is 0 Å². The highest BCUT2D eigenvalue weighted by Crippen LogP contribution is 2.16. The Kier molecular flexibility index (Phi) is 2.37. The van der Waals surface area contributed by atoms with E-state index in [0.29, 0.717) is 12.4 Å². The average Bonchev–Trinajstić information content (AvgIpc) is 2.56. The molecule has 0 bridgehead atoms. The van der Waals surface area contributed by atoms with Crippen LogP contribution in [0.25, 0.3) is 10.9 Å². The molecule has 1 heterocycles. The lowest BCUT2D eigenvalue weighted by atomic mass is 10.2. The third-order valence-electron chi connectivity index (χ3n) is 2.34. The zero-order chi connectivity index (χ0) is 10.8. The number of nitrogens with two attached hydrogens (primary N) is 1. The van der Waals surface area contributed by atoms with Gasteiger partial charge in [-0.3, -0.25) is 0 Å². The zero-order valence-corrected chi connectivity index (χ0v) is 8.80. The summed E-state index contributed by atoms with van der Waals surface area (Å²) >= 11 is 0. The first-order valence-electron chi connectivity index (χ1n) is 4.91. The molecule has 78 valence electrons. The Balaban J connectivity index is 2.27. The molecule has 0 spiro atoms. The molecule has 2 aromatic rings. The predicted molar refractivity (Wildman–Crippen MR) is 63.2 cm³/mol. The summed E-state index contributed by atoms with van der Waals surface area (Å²) in [5.41, 5.74) is 8.97. The van der Waals surface area contributed by atoms with E-state index in [9.17, 15) is 0 Å². The van der Waals surface area contributed by atoms with E-state index in [0.717, 1.165) is 11.2 Å². The van der Waals surface area contributed by atoms with Gasteiger partial charge >= 0.3 is 0 Å². The van der Waals surface area contributed by atoms with Crippen molar-refractivity contribution in [3.63, 3.8) is 0 Å². The Labute approximate surface area is 89.0 Å². The molecule has 0 atom stereocenters. The van der Waals surface area contributed by atoms with Gasteiger partial charge in [0.1, 0.15) is 0 Å². The van der Waals surface area contributed by atoms with Gasteiger partial charge in [-0.1, -0.05) is 18.2 Å². The molecule has 0 saturated heterocycles. The number of H-pyrrole nitrogens is 1. The fraction of sp³-hybridized carbons (Fsp3) is 0.167. The van der Waals surface area contributed by atoms with E-state index in [1.165, 1.54) is 10.9 Å². The number of hydrogen-bond acceptors (Lipinski definition) is 2. The molecule has 1 aromatic heterocycles. The van der Waals surface area contributed by atoms with Crippen molar-refractivity contribution in [3.05, 3.63) is 47.9 Å². The van der Waals surface area contributed by atoms with Crippen LogP contribution in [0.15, 0.2) is 36.7 Å². The molecule has 0 aliphatic heterocycles. The molecule has 4 N–H and O–H groups in total. The van der Waals surface area contributed by atoms with Gasteiger partial charge in [0.2, 0.25) is 0 Å². The minimum Gasteiger partial charge on any atom is -0.386 e. The van der Waals surface area contributed by atoms with Crippen LogP contribution in [0, 0.1) is 6.92 Å². The van der Waals surface area contributed by atoms with E-state index in [-0.39, 0.29) is 0 Å². The third-order valence-corrected chi connectivity index (χ3v) is 2.34. The lowest BCUT2D eigenvalue weighted by Gasteiger charge is -2.01. The van der Waals surface area contributed by atoms with Crippen molar-refractivity contribution < 1.29 is 0 Å². The molecule has 3 heteroatoms. The van der Waals surface area contributed by atoms with Crippen LogP contribution in [-0.4, -0.2) is 4.98 Å². The summed E-state index contributed by atoms with van der Waals surface area (Å²) in [6, 6.07) is 8.47. The monoisotopic (exact) mass is 201 g/mol. The first kappa shape index (κ1) is 9.65. The van der Waals surface area contributed by atoms with E-state index in [1.54, 1.807) is 0 Å². The summed E-state index contributed by atoms with van der Waals surface area (Å²) in [4.78, 5) is 3.32. The fourth-order valence-corrected chi connectivity index (χ4v) is 1.62. The lowest BCUT2D eigenvalue weighted by molar-refractivity contribution is 0.788. The molecule has 0 aliphatic carbocycles. The zero-order valence-electron chi connectivity index (χ0n) is 8.80. The minimum atomic E-state index is 0.491. The van der Waals surface area contributed by atoms with Gasteiger partial charge in [-0.2, -0.15) is 0 Å². The minimum absolute atomic E-state index is 0.491. The number of aryl methyl sites for hydroxylation is 1. The van der Waals surface area contributed by atoms with E-state index in [2.05, 4.69) is 48.1 Å². The number of fused-ring (bicyclic) bond motifs is 1. The Morgan fingerprint density at radius 2 is 2.27 bits per heavy atom. The second kappa shape index (κ2) is 3.69. The maximum atomic E-state index is 5.44. The number of rotatable bonds is 3. The van der Waals surface area contributed by atoms with Crippen molar-refractivity contribution in [2.45, 2.75) is 13.5 Å². The first-order valence-corrected chi connectivity index (χ1v) is 4.91. The number of benzene rings is 1. The van der Waals surface area contributed by atoms with Crippen LogP contribution in [-0.2, 0) is 6.54 Å². The maximum absolute atomic E-state index is 5.44. The maximum Gasteiger partial charge on any atom is 0.0889 e. The van der Waals surface area contributed by atoms with Crippen molar-refractivity contribution in [2.24, 2.45) is 5.73 Å². The molecule has 1 aromatic carbocycles. The van der Waals surface area contributed by atoms with E-state index >= 15 is 0 Å². The molecule has 2 rings (SSSR count). The van der Waals surface area contributed by atoms with Crippen LogP contribution >= 0.6 is 0 Å². The van der Waals surface area contributed by atoms with Crippen molar-refractivity contribution in [1.82, 2.24) is 10.3 Å². The predicted octanol–water partition coefficient (Wildman–Crippen LogP) is 2.00. The Morgan fingerprint density at radius 1 is 1.47 bits per heavy atom. The number of aromatic amines is 1. The Hall–Kier alpha value is -1.90. The highest BCUT2D eigenvalue weighted by Gasteiger charge is 2.00.